The standard InChI is InChI=1S/C26H25N7O/c1-2-24(34)31-19-7-3-5-17(13-19)22-8-4-6-18-14-29-26(33-25(18)22)32-20-9-10-23(28-16-20)30-21-11-12-27-15-21/h2-10,13-14,16,21,27H,1,11-12,15H2,(H,28,30)(H,31,34)(H,29,32,33)/t21-/m0/s1. The van der Waals surface area contributed by atoms with Crippen molar-refractivity contribution in [2.45, 2.75) is 12.5 Å². The van der Waals surface area contributed by atoms with Crippen LogP contribution in [0.2, 0.25) is 0 Å². The van der Waals surface area contributed by atoms with Gasteiger partial charge in [-0.15, -0.1) is 0 Å². The third kappa shape index (κ3) is 4.87. The summed E-state index contributed by atoms with van der Waals surface area (Å²) in [5.74, 6) is 1.08. The van der Waals surface area contributed by atoms with Crippen LogP contribution in [0.15, 0.2) is 79.6 Å². The van der Waals surface area contributed by atoms with Crippen molar-refractivity contribution in [3.05, 3.63) is 79.6 Å². The van der Waals surface area contributed by atoms with E-state index in [-0.39, 0.29) is 5.91 Å². The summed E-state index contributed by atoms with van der Waals surface area (Å²) in [7, 11) is 0. The number of hydrogen-bond donors (Lipinski definition) is 4. The topological polar surface area (TPSA) is 104 Å². The van der Waals surface area contributed by atoms with Crippen molar-refractivity contribution in [3.8, 4) is 11.1 Å². The molecule has 4 aromatic rings. The van der Waals surface area contributed by atoms with Crippen molar-refractivity contribution >= 4 is 40.0 Å². The van der Waals surface area contributed by atoms with Crippen LogP contribution in [0.3, 0.4) is 0 Å². The van der Waals surface area contributed by atoms with Gasteiger partial charge in [0.25, 0.3) is 0 Å². The third-order valence-corrected chi connectivity index (χ3v) is 5.67. The molecule has 1 atom stereocenters. The number of carbonyl (C=O) groups excluding carboxylic acids is 1. The lowest BCUT2D eigenvalue weighted by atomic mass is 10.0. The quantitative estimate of drug-likeness (QED) is 0.310. The lowest BCUT2D eigenvalue weighted by molar-refractivity contribution is -0.111. The molecule has 34 heavy (non-hydrogen) atoms. The zero-order valence-corrected chi connectivity index (χ0v) is 18.6. The summed E-state index contributed by atoms with van der Waals surface area (Å²) < 4.78 is 0. The molecule has 3 heterocycles. The van der Waals surface area contributed by atoms with Crippen LogP contribution in [-0.4, -0.2) is 40.0 Å². The smallest absolute Gasteiger partial charge is 0.247 e. The number of pyridine rings is 1. The zero-order chi connectivity index (χ0) is 23.3. The van der Waals surface area contributed by atoms with E-state index >= 15 is 0 Å². The normalized spacial score (nSPS) is 15.1. The predicted molar refractivity (Wildman–Crippen MR) is 136 cm³/mol. The molecule has 0 spiro atoms. The first kappa shape index (κ1) is 21.5. The number of amides is 1. The molecule has 170 valence electrons. The SMILES string of the molecule is C=CC(=O)Nc1cccc(-c2cccc3cnc(Nc4ccc(N[C@H]5CCNC5)nc4)nc23)c1. The lowest BCUT2D eigenvalue weighted by Gasteiger charge is -2.13. The van der Waals surface area contributed by atoms with Gasteiger partial charge in [-0.1, -0.05) is 36.9 Å². The fraction of sp³-hybridized carbons (Fsp3) is 0.154. The van der Waals surface area contributed by atoms with E-state index in [4.69, 9.17) is 4.98 Å². The monoisotopic (exact) mass is 451 g/mol. The number of hydrogen-bond acceptors (Lipinski definition) is 7. The van der Waals surface area contributed by atoms with E-state index in [9.17, 15) is 4.79 Å². The molecule has 2 aromatic carbocycles. The summed E-state index contributed by atoms with van der Waals surface area (Å²) in [6, 6.07) is 17.9. The second kappa shape index (κ2) is 9.68. The first-order chi connectivity index (χ1) is 16.7. The Hall–Kier alpha value is -4.30. The number of para-hydroxylation sites is 1. The number of anilines is 4. The van der Waals surface area contributed by atoms with E-state index < -0.39 is 0 Å². The Kier molecular flexibility index (Phi) is 6.13. The third-order valence-electron chi connectivity index (χ3n) is 5.67. The van der Waals surface area contributed by atoms with Gasteiger partial charge in [0.15, 0.2) is 0 Å². The molecule has 8 nitrogen and oxygen atoms in total. The maximum absolute atomic E-state index is 11.7. The number of carbonyl (C=O) groups is 1. The summed E-state index contributed by atoms with van der Waals surface area (Å²) in [5.41, 5.74) is 4.20. The molecule has 4 N–H and O–H groups in total. The average molecular weight is 452 g/mol. The van der Waals surface area contributed by atoms with Gasteiger partial charge in [-0.05, 0) is 48.9 Å². The second-order valence-electron chi connectivity index (χ2n) is 8.10. The van der Waals surface area contributed by atoms with E-state index in [1.165, 1.54) is 6.08 Å². The lowest BCUT2D eigenvalue weighted by Crippen LogP contribution is -2.22. The van der Waals surface area contributed by atoms with Gasteiger partial charge >= 0.3 is 0 Å². The number of nitrogens with one attached hydrogen (secondary N) is 4. The molecule has 1 aliphatic heterocycles. The van der Waals surface area contributed by atoms with Crippen LogP contribution < -0.4 is 21.3 Å². The summed E-state index contributed by atoms with van der Waals surface area (Å²) >= 11 is 0. The van der Waals surface area contributed by atoms with Crippen LogP contribution in [0.5, 0.6) is 0 Å². The van der Waals surface area contributed by atoms with Crippen molar-refractivity contribution in [2.24, 2.45) is 0 Å². The number of fused-ring (bicyclic) bond motifs is 1. The van der Waals surface area contributed by atoms with Gasteiger partial charge in [-0.25, -0.2) is 15.0 Å². The molecule has 1 saturated heterocycles. The molecule has 5 rings (SSSR count). The van der Waals surface area contributed by atoms with Crippen LogP contribution in [0.4, 0.5) is 23.1 Å². The first-order valence-electron chi connectivity index (χ1n) is 11.2. The van der Waals surface area contributed by atoms with Crippen LogP contribution in [0.25, 0.3) is 22.0 Å². The van der Waals surface area contributed by atoms with Crippen LogP contribution in [0.1, 0.15) is 6.42 Å². The van der Waals surface area contributed by atoms with Crippen LogP contribution in [0, 0.1) is 0 Å². The highest BCUT2D eigenvalue weighted by molar-refractivity contribution is 6.00. The van der Waals surface area contributed by atoms with Gasteiger partial charge in [0.1, 0.15) is 5.82 Å². The Morgan fingerprint density at radius 2 is 1.97 bits per heavy atom. The minimum Gasteiger partial charge on any atom is -0.366 e. The van der Waals surface area contributed by atoms with Gasteiger partial charge in [-0.2, -0.15) is 0 Å². The first-order valence-corrected chi connectivity index (χ1v) is 11.2. The van der Waals surface area contributed by atoms with E-state index in [2.05, 4.69) is 37.8 Å². The number of benzene rings is 2. The van der Waals surface area contributed by atoms with E-state index in [0.717, 1.165) is 53.0 Å². The van der Waals surface area contributed by atoms with E-state index in [1.54, 1.807) is 12.4 Å². The number of rotatable bonds is 7. The minimum atomic E-state index is -0.251. The molecular weight excluding hydrogens is 426 g/mol. The second-order valence-corrected chi connectivity index (χ2v) is 8.10. The molecule has 0 saturated carbocycles. The van der Waals surface area contributed by atoms with Gasteiger partial charge in [-0.3, -0.25) is 4.79 Å². The fourth-order valence-electron chi connectivity index (χ4n) is 3.98. The van der Waals surface area contributed by atoms with Gasteiger partial charge in [0.05, 0.1) is 17.4 Å². The van der Waals surface area contributed by atoms with E-state index in [0.29, 0.717) is 17.7 Å². The van der Waals surface area contributed by atoms with Crippen molar-refractivity contribution in [1.29, 1.82) is 0 Å². The van der Waals surface area contributed by atoms with Crippen LogP contribution >= 0.6 is 0 Å². The van der Waals surface area contributed by atoms with Gasteiger partial charge in [0.2, 0.25) is 11.9 Å². The molecule has 1 fully saturated rings. The van der Waals surface area contributed by atoms with Gasteiger partial charge in [0, 0.05) is 35.4 Å². The maximum atomic E-state index is 11.7. The highest BCUT2D eigenvalue weighted by Crippen LogP contribution is 2.30. The summed E-state index contributed by atoms with van der Waals surface area (Å²) in [6.45, 7) is 5.49. The highest BCUT2D eigenvalue weighted by Gasteiger charge is 2.14. The zero-order valence-electron chi connectivity index (χ0n) is 18.6. The summed E-state index contributed by atoms with van der Waals surface area (Å²) in [4.78, 5) is 25.5. The molecular formula is C26H25N7O. The van der Waals surface area contributed by atoms with Crippen molar-refractivity contribution < 1.29 is 4.79 Å². The van der Waals surface area contributed by atoms with Crippen molar-refractivity contribution in [3.63, 3.8) is 0 Å². The molecule has 0 aliphatic carbocycles. The Morgan fingerprint density at radius 3 is 2.76 bits per heavy atom. The molecule has 1 aliphatic rings. The Labute approximate surface area is 197 Å². The van der Waals surface area contributed by atoms with Crippen molar-refractivity contribution in [2.75, 3.05) is 29.0 Å². The Bertz CT molecular complexity index is 1330. The molecule has 0 radical (unpaired) electrons. The predicted octanol–water partition coefficient (Wildman–Crippen LogP) is 4.33. The summed E-state index contributed by atoms with van der Waals surface area (Å²) in [5, 5.41) is 13.8. The van der Waals surface area contributed by atoms with Crippen molar-refractivity contribution in [1.82, 2.24) is 20.3 Å². The largest absolute Gasteiger partial charge is 0.366 e. The fourth-order valence-corrected chi connectivity index (χ4v) is 3.98. The Balaban J connectivity index is 1.39. The maximum Gasteiger partial charge on any atom is 0.247 e. The highest BCUT2D eigenvalue weighted by atomic mass is 16.1. The number of aromatic nitrogens is 3. The Morgan fingerprint density at radius 1 is 1.06 bits per heavy atom. The molecule has 1 amide bonds. The van der Waals surface area contributed by atoms with Crippen LogP contribution in [-0.2, 0) is 4.79 Å². The molecule has 2 aromatic heterocycles. The van der Waals surface area contributed by atoms with Gasteiger partial charge < -0.3 is 21.3 Å². The average Bonchev–Trinajstić information content (AvgIpc) is 3.38. The molecule has 0 bridgehead atoms. The minimum absolute atomic E-state index is 0.251. The number of nitrogens with zero attached hydrogens (tertiary/aromatic N) is 3. The van der Waals surface area contributed by atoms with E-state index in [1.807, 2.05) is 54.6 Å². The summed E-state index contributed by atoms with van der Waals surface area (Å²) in [6.07, 6.45) is 5.92. The molecule has 0 unspecified atom stereocenters. The molecule has 8 heteroatoms.